The van der Waals surface area contributed by atoms with Crippen molar-refractivity contribution in [2.45, 2.75) is 12.8 Å². The zero-order valence-electron chi connectivity index (χ0n) is 10.6. The van der Waals surface area contributed by atoms with Gasteiger partial charge in [0, 0.05) is 18.8 Å². The Hall–Kier alpha value is -0.850. The van der Waals surface area contributed by atoms with Crippen molar-refractivity contribution in [1.29, 1.82) is 0 Å². The summed E-state index contributed by atoms with van der Waals surface area (Å²) in [4.78, 5) is 2.12. The number of benzene rings is 1. The molecule has 0 radical (unpaired) electrons. The minimum Gasteiger partial charge on any atom is -0.406 e. The highest BCUT2D eigenvalue weighted by molar-refractivity contribution is 5.85. The van der Waals surface area contributed by atoms with Crippen molar-refractivity contribution in [3.05, 3.63) is 24.3 Å². The molecule has 0 saturated carbocycles. The molecule has 8 heteroatoms. The summed E-state index contributed by atoms with van der Waals surface area (Å²) in [6.07, 6.45) is -3.61. The van der Waals surface area contributed by atoms with E-state index in [0.29, 0.717) is 12.5 Å². The summed E-state index contributed by atoms with van der Waals surface area (Å²) in [5.41, 5.74) is 6.50. The molecule has 1 aliphatic rings. The van der Waals surface area contributed by atoms with Crippen LogP contribution in [0, 0.1) is 5.92 Å². The van der Waals surface area contributed by atoms with Gasteiger partial charge in [-0.3, -0.25) is 0 Å². The molecule has 0 amide bonds. The van der Waals surface area contributed by atoms with Crippen LogP contribution in [-0.4, -0.2) is 26.0 Å². The largest absolute Gasteiger partial charge is 0.573 e. The van der Waals surface area contributed by atoms with E-state index < -0.39 is 6.36 Å². The predicted molar refractivity (Wildman–Crippen MR) is 77.0 cm³/mol. The monoisotopic (exact) mass is 332 g/mol. The zero-order chi connectivity index (χ0) is 13.2. The molecular formula is C12H17Cl2F3N2O. The van der Waals surface area contributed by atoms with Gasteiger partial charge in [-0.25, -0.2) is 0 Å². The molecule has 1 aliphatic heterocycles. The molecular weight excluding hydrogens is 316 g/mol. The Morgan fingerprint density at radius 3 is 2.25 bits per heavy atom. The molecule has 1 unspecified atom stereocenters. The Morgan fingerprint density at radius 1 is 1.20 bits per heavy atom. The van der Waals surface area contributed by atoms with Gasteiger partial charge in [-0.1, -0.05) is 0 Å². The van der Waals surface area contributed by atoms with E-state index in [-0.39, 0.29) is 30.6 Å². The summed E-state index contributed by atoms with van der Waals surface area (Å²) >= 11 is 0. The second kappa shape index (κ2) is 7.81. The average Bonchev–Trinajstić information content (AvgIpc) is 2.76. The second-order valence-corrected chi connectivity index (χ2v) is 4.38. The molecule has 116 valence electrons. The minimum atomic E-state index is -4.64. The van der Waals surface area contributed by atoms with Crippen molar-refractivity contribution in [2.24, 2.45) is 11.7 Å². The van der Waals surface area contributed by atoms with Crippen LogP contribution in [0.2, 0.25) is 0 Å². The van der Waals surface area contributed by atoms with Crippen molar-refractivity contribution in [3.63, 3.8) is 0 Å². The van der Waals surface area contributed by atoms with Crippen LogP contribution in [0.3, 0.4) is 0 Å². The van der Waals surface area contributed by atoms with E-state index in [1.807, 2.05) is 0 Å². The third-order valence-corrected chi connectivity index (χ3v) is 3.05. The summed E-state index contributed by atoms with van der Waals surface area (Å²) in [6.45, 7) is 2.39. The van der Waals surface area contributed by atoms with Gasteiger partial charge in [-0.05, 0) is 43.1 Å². The van der Waals surface area contributed by atoms with Crippen LogP contribution in [-0.2, 0) is 0 Å². The van der Waals surface area contributed by atoms with E-state index in [9.17, 15) is 13.2 Å². The first-order valence-corrected chi connectivity index (χ1v) is 5.79. The highest BCUT2D eigenvalue weighted by Gasteiger charge is 2.31. The van der Waals surface area contributed by atoms with Gasteiger partial charge >= 0.3 is 6.36 Å². The Morgan fingerprint density at radius 2 is 1.80 bits per heavy atom. The third kappa shape index (κ3) is 5.26. The van der Waals surface area contributed by atoms with Gasteiger partial charge in [-0.2, -0.15) is 0 Å². The standard InChI is InChI=1S/C12H15F3N2O.2ClH/c13-12(14,15)18-11-3-1-10(2-4-11)17-6-5-9(7-16)8-17;;/h1-4,9H,5-8,16H2;2*1H. The Kier molecular flexibility index (Phi) is 7.47. The van der Waals surface area contributed by atoms with E-state index in [1.165, 1.54) is 12.1 Å². The SMILES string of the molecule is Cl.Cl.NCC1CCN(c2ccc(OC(F)(F)F)cc2)C1. The van der Waals surface area contributed by atoms with Gasteiger partial charge in [0.2, 0.25) is 0 Å². The fourth-order valence-corrected chi connectivity index (χ4v) is 2.12. The zero-order valence-corrected chi connectivity index (χ0v) is 12.2. The summed E-state index contributed by atoms with van der Waals surface area (Å²) in [7, 11) is 0. The summed E-state index contributed by atoms with van der Waals surface area (Å²) in [6, 6.07) is 5.94. The molecule has 1 heterocycles. The molecule has 1 fully saturated rings. The quantitative estimate of drug-likeness (QED) is 0.923. The van der Waals surface area contributed by atoms with Crippen molar-refractivity contribution < 1.29 is 17.9 Å². The van der Waals surface area contributed by atoms with Crippen LogP contribution in [0.5, 0.6) is 5.75 Å². The van der Waals surface area contributed by atoms with Crippen molar-refractivity contribution in [1.82, 2.24) is 0 Å². The molecule has 1 saturated heterocycles. The van der Waals surface area contributed by atoms with E-state index in [0.717, 1.165) is 25.2 Å². The lowest BCUT2D eigenvalue weighted by Gasteiger charge is -2.19. The number of alkyl halides is 3. The number of anilines is 1. The van der Waals surface area contributed by atoms with Crippen LogP contribution in [0.25, 0.3) is 0 Å². The smallest absolute Gasteiger partial charge is 0.406 e. The number of ether oxygens (including phenoxy) is 1. The van der Waals surface area contributed by atoms with Crippen LogP contribution < -0.4 is 15.4 Å². The number of halogens is 5. The second-order valence-electron chi connectivity index (χ2n) is 4.38. The molecule has 2 N–H and O–H groups in total. The lowest BCUT2D eigenvalue weighted by Crippen LogP contribution is -2.22. The molecule has 2 rings (SSSR count). The maximum atomic E-state index is 12.0. The van der Waals surface area contributed by atoms with Crippen molar-refractivity contribution in [2.75, 3.05) is 24.5 Å². The molecule has 1 atom stereocenters. The Balaban J connectivity index is 0.00000180. The molecule has 0 bridgehead atoms. The molecule has 3 nitrogen and oxygen atoms in total. The summed E-state index contributed by atoms with van der Waals surface area (Å²) in [5, 5.41) is 0. The number of hydrogen-bond donors (Lipinski definition) is 1. The van der Waals surface area contributed by atoms with Gasteiger partial charge < -0.3 is 15.4 Å². The average molecular weight is 333 g/mol. The normalized spacial score (nSPS) is 18.2. The van der Waals surface area contributed by atoms with Gasteiger partial charge in [0.25, 0.3) is 0 Å². The molecule has 0 aliphatic carbocycles. The molecule has 0 spiro atoms. The highest BCUT2D eigenvalue weighted by Crippen LogP contribution is 2.27. The van der Waals surface area contributed by atoms with Gasteiger partial charge in [0.1, 0.15) is 5.75 Å². The van der Waals surface area contributed by atoms with Crippen LogP contribution >= 0.6 is 24.8 Å². The first-order valence-electron chi connectivity index (χ1n) is 5.79. The van der Waals surface area contributed by atoms with E-state index in [4.69, 9.17) is 5.73 Å². The van der Waals surface area contributed by atoms with Gasteiger partial charge in [-0.15, -0.1) is 38.0 Å². The lowest BCUT2D eigenvalue weighted by atomic mass is 10.1. The van der Waals surface area contributed by atoms with E-state index >= 15 is 0 Å². The van der Waals surface area contributed by atoms with Crippen LogP contribution in [0.1, 0.15) is 6.42 Å². The molecule has 0 aromatic heterocycles. The Labute approximate surface area is 128 Å². The third-order valence-electron chi connectivity index (χ3n) is 3.05. The van der Waals surface area contributed by atoms with Gasteiger partial charge in [0.05, 0.1) is 0 Å². The van der Waals surface area contributed by atoms with Gasteiger partial charge in [0.15, 0.2) is 0 Å². The van der Waals surface area contributed by atoms with Crippen LogP contribution in [0.4, 0.5) is 18.9 Å². The van der Waals surface area contributed by atoms with Crippen LogP contribution in [0.15, 0.2) is 24.3 Å². The molecule has 1 aromatic carbocycles. The van der Waals surface area contributed by atoms with E-state index in [2.05, 4.69) is 9.64 Å². The fourth-order valence-electron chi connectivity index (χ4n) is 2.12. The summed E-state index contributed by atoms with van der Waals surface area (Å²) in [5.74, 6) is 0.275. The van der Waals surface area contributed by atoms with Crippen molar-refractivity contribution >= 4 is 30.5 Å². The fraction of sp³-hybridized carbons (Fsp3) is 0.500. The number of nitrogens with two attached hydrogens (primary N) is 1. The topological polar surface area (TPSA) is 38.5 Å². The molecule has 20 heavy (non-hydrogen) atoms. The first-order chi connectivity index (χ1) is 8.48. The first kappa shape index (κ1) is 19.1. The number of rotatable bonds is 3. The molecule has 1 aromatic rings. The maximum absolute atomic E-state index is 12.0. The predicted octanol–water partition coefficient (Wildman–Crippen LogP) is 3.21. The lowest BCUT2D eigenvalue weighted by molar-refractivity contribution is -0.274. The maximum Gasteiger partial charge on any atom is 0.573 e. The Bertz CT molecular complexity index is 401. The highest BCUT2D eigenvalue weighted by atomic mass is 35.5. The number of nitrogens with zero attached hydrogens (tertiary/aromatic N) is 1. The number of hydrogen-bond acceptors (Lipinski definition) is 3. The van der Waals surface area contributed by atoms with E-state index in [1.54, 1.807) is 12.1 Å². The van der Waals surface area contributed by atoms with Crippen molar-refractivity contribution in [3.8, 4) is 5.75 Å². The minimum absolute atomic E-state index is 0. The summed E-state index contributed by atoms with van der Waals surface area (Å²) < 4.78 is 39.8.